The third-order valence-electron chi connectivity index (χ3n) is 6.38. The minimum absolute atomic E-state index is 0.172. The van der Waals surface area contributed by atoms with Gasteiger partial charge >= 0.3 is 0 Å². The number of benzene rings is 1. The molecule has 3 heterocycles. The Bertz CT molecular complexity index is 848. The molecule has 0 saturated carbocycles. The van der Waals surface area contributed by atoms with Gasteiger partial charge in [0.25, 0.3) is 0 Å². The smallest absolute Gasteiger partial charge is 0.225 e. The topological polar surface area (TPSA) is 36.4 Å². The van der Waals surface area contributed by atoms with E-state index >= 15 is 0 Å². The number of carbonyl (C=O) groups is 1. The number of rotatable bonds is 4. The third kappa shape index (κ3) is 4.84. The van der Waals surface area contributed by atoms with Crippen LogP contribution in [0.25, 0.3) is 0 Å². The molecule has 0 aliphatic carbocycles. The number of pyridine rings is 1. The number of halogens is 1. The molecule has 0 unspecified atom stereocenters. The van der Waals surface area contributed by atoms with E-state index in [2.05, 4.69) is 22.9 Å². The molecule has 2 aromatic rings. The molecule has 4 rings (SSSR count). The molecule has 2 saturated heterocycles. The third-order valence-corrected chi connectivity index (χ3v) is 6.38. The van der Waals surface area contributed by atoms with Crippen molar-refractivity contribution in [1.29, 1.82) is 0 Å². The first-order valence-electron chi connectivity index (χ1n) is 10.8. The summed E-state index contributed by atoms with van der Waals surface area (Å²) < 4.78 is 14.0. The zero-order valence-electron chi connectivity index (χ0n) is 17.2. The molecule has 2 aliphatic heterocycles. The number of amides is 1. The first-order chi connectivity index (χ1) is 14.1. The van der Waals surface area contributed by atoms with Crippen LogP contribution in [0.1, 0.15) is 48.6 Å². The number of hydrogen-bond donors (Lipinski definition) is 0. The van der Waals surface area contributed by atoms with Crippen molar-refractivity contribution in [1.82, 2.24) is 14.8 Å². The van der Waals surface area contributed by atoms with E-state index in [0.717, 1.165) is 63.3 Å². The summed E-state index contributed by atoms with van der Waals surface area (Å²) in [6, 6.07) is 12.9. The van der Waals surface area contributed by atoms with Gasteiger partial charge in [-0.05, 0) is 69.6 Å². The van der Waals surface area contributed by atoms with E-state index in [9.17, 15) is 9.18 Å². The Balaban J connectivity index is 1.43. The van der Waals surface area contributed by atoms with Crippen LogP contribution in [0.2, 0.25) is 0 Å². The molecule has 2 fully saturated rings. The average Bonchev–Trinajstić information content (AvgIpc) is 2.76. The van der Waals surface area contributed by atoms with Crippen molar-refractivity contribution in [2.24, 2.45) is 5.92 Å². The first kappa shape index (κ1) is 20.0. The van der Waals surface area contributed by atoms with Gasteiger partial charge in [-0.3, -0.25) is 9.78 Å². The van der Waals surface area contributed by atoms with Crippen LogP contribution >= 0.6 is 0 Å². The molecule has 5 heteroatoms. The van der Waals surface area contributed by atoms with Gasteiger partial charge in [0.1, 0.15) is 5.82 Å². The van der Waals surface area contributed by atoms with Gasteiger partial charge in [-0.15, -0.1) is 0 Å². The largest absolute Gasteiger partial charge is 0.342 e. The van der Waals surface area contributed by atoms with Gasteiger partial charge in [-0.2, -0.15) is 0 Å². The minimum Gasteiger partial charge on any atom is -0.342 e. The minimum atomic E-state index is -0.188. The SMILES string of the molecule is CN1CCC(C(=O)N2CCC[C@H](c3cccc(Cc4ccccc4F)n3)C2)CC1. The molecule has 0 bridgehead atoms. The van der Waals surface area contributed by atoms with E-state index in [1.54, 1.807) is 6.07 Å². The van der Waals surface area contributed by atoms with Crippen LogP contribution in [0.3, 0.4) is 0 Å². The Morgan fingerprint density at radius 2 is 1.86 bits per heavy atom. The lowest BCUT2D eigenvalue weighted by Crippen LogP contribution is -2.45. The van der Waals surface area contributed by atoms with E-state index in [4.69, 9.17) is 4.98 Å². The predicted molar refractivity (Wildman–Crippen MR) is 112 cm³/mol. The van der Waals surface area contributed by atoms with E-state index in [1.165, 1.54) is 6.07 Å². The van der Waals surface area contributed by atoms with Gasteiger partial charge in [0.2, 0.25) is 5.91 Å². The summed E-state index contributed by atoms with van der Waals surface area (Å²) >= 11 is 0. The summed E-state index contributed by atoms with van der Waals surface area (Å²) in [4.78, 5) is 22.2. The molecular formula is C24H30FN3O. The number of hydrogen-bond acceptors (Lipinski definition) is 3. The number of aromatic nitrogens is 1. The molecule has 1 aromatic heterocycles. The van der Waals surface area contributed by atoms with Gasteiger partial charge < -0.3 is 9.80 Å². The normalized spacial score (nSPS) is 21.3. The molecule has 1 atom stereocenters. The zero-order chi connectivity index (χ0) is 20.2. The van der Waals surface area contributed by atoms with Crippen molar-refractivity contribution in [2.45, 2.75) is 38.0 Å². The standard InChI is InChI=1S/C24H30FN3O/c1-27-14-11-18(12-15-27)24(29)28-13-5-7-20(17-28)23-10-4-8-21(26-23)16-19-6-2-3-9-22(19)25/h2-4,6,8-10,18,20H,5,7,11-17H2,1H3/t20-/m0/s1. The summed E-state index contributed by atoms with van der Waals surface area (Å²) in [6.07, 6.45) is 4.49. The van der Waals surface area contributed by atoms with Crippen molar-refractivity contribution in [3.05, 3.63) is 65.2 Å². The molecular weight excluding hydrogens is 365 g/mol. The lowest BCUT2D eigenvalue weighted by Gasteiger charge is -2.37. The Hall–Kier alpha value is -2.27. The van der Waals surface area contributed by atoms with E-state index in [-0.39, 0.29) is 17.7 Å². The Labute approximate surface area is 172 Å². The highest BCUT2D eigenvalue weighted by Gasteiger charge is 2.31. The summed E-state index contributed by atoms with van der Waals surface area (Å²) in [5, 5.41) is 0. The van der Waals surface area contributed by atoms with Gasteiger partial charge in [0, 0.05) is 42.7 Å². The van der Waals surface area contributed by atoms with Crippen LogP contribution in [0.15, 0.2) is 42.5 Å². The van der Waals surface area contributed by atoms with Crippen LogP contribution in [-0.4, -0.2) is 53.9 Å². The van der Waals surface area contributed by atoms with E-state index < -0.39 is 0 Å². The van der Waals surface area contributed by atoms with Crippen LogP contribution in [0.4, 0.5) is 4.39 Å². The van der Waals surface area contributed by atoms with Crippen LogP contribution in [0.5, 0.6) is 0 Å². The fourth-order valence-corrected chi connectivity index (χ4v) is 4.59. The second kappa shape index (κ2) is 9.04. The number of nitrogens with zero attached hydrogens (tertiary/aromatic N) is 3. The lowest BCUT2D eigenvalue weighted by atomic mass is 9.90. The lowest BCUT2D eigenvalue weighted by molar-refractivity contribution is -0.138. The maximum absolute atomic E-state index is 14.0. The Morgan fingerprint density at radius 1 is 1.07 bits per heavy atom. The second-order valence-corrected chi connectivity index (χ2v) is 8.52. The molecule has 1 amide bonds. The van der Waals surface area contributed by atoms with Gasteiger partial charge in [0.15, 0.2) is 0 Å². The molecule has 1 aromatic carbocycles. The predicted octanol–water partition coefficient (Wildman–Crippen LogP) is 3.86. The van der Waals surface area contributed by atoms with Crippen molar-refractivity contribution in [3.63, 3.8) is 0 Å². The second-order valence-electron chi connectivity index (χ2n) is 8.52. The molecule has 4 nitrogen and oxygen atoms in total. The summed E-state index contributed by atoms with van der Waals surface area (Å²) in [5.74, 6) is 0.572. The van der Waals surface area contributed by atoms with E-state index in [1.807, 2.05) is 24.3 Å². The molecule has 0 radical (unpaired) electrons. The fourth-order valence-electron chi connectivity index (χ4n) is 4.59. The maximum Gasteiger partial charge on any atom is 0.225 e. The molecule has 0 N–H and O–H groups in total. The monoisotopic (exact) mass is 395 g/mol. The van der Waals surface area contributed by atoms with Crippen LogP contribution in [0, 0.1) is 11.7 Å². The summed E-state index contributed by atoms with van der Waals surface area (Å²) in [7, 11) is 2.12. The molecule has 2 aliphatic rings. The first-order valence-corrected chi connectivity index (χ1v) is 10.8. The zero-order valence-corrected chi connectivity index (χ0v) is 17.2. The Kier molecular flexibility index (Phi) is 6.24. The highest BCUT2D eigenvalue weighted by molar-refractivity contribution is 5.79. The molecule has 154 valence electrons. The van der Waals surface area contributed by atoms with Gasteiger partial charge in [-0.1, -0.05) is 24.3 Å². The Morgan fingerprint density at radius 3 is 2.66 bits per heavy atom. The quantitative estimate of drug-likeness (QED) is 0.789. The highest BCUT2D eigenvalue weighted by atomic mass is 19.1. The maximum atomic E-state index is 14.0. The average molecular weight is 396 g/mol. The molecule has 0 spiro atoms. The number of carbonyl (C=O) groups excluding carboxylic acids is 1. The van der Waals surface area contributed by atoms with Crippen molar-refractivity contribution < 1.29 is 9.18 Å². The van der Waals surface area contributed by atoms with Crippen LogP contribution < -0.4 is 0 Å². The summed E-state index contributed by atoms with van der Waals surface area (Å²) in [5.41, 5.74) is 2.57. The van der Waals surface area contributed by atoms with Crippen LogP contribution in [-0.2, 0) is 11.2 Å². The number of piperidine rings is 2. The summed E-state index contributed by atoms with van der Waals surface area (Å²) in [6.45, 7) is 3.62. The molecule has 29 heavy (non-hydrogen) atoms. The highest BCUT2D eigenvalue weighted by Crippen LogP contribution is 2.29. The van der Waals surface area contributed by atoms with Crippen molar-refractivity contribution in [2.75, 3.05) is 33.2 Å². The van der Waals surface area contributed by atoms with Gasteiger partial charge in [0.05, 0.1) is 0 Å². The van der Waals surface area contributed by atoms with Crippen molar-refractivity contribution >= 4 is 5.91 Å². The number of likely N-dealkylation sites (tertiary alicyclic amines) is 2. The van der Waals surface area contributed by atoms with Crippen molar-refractivity contribution in [3.8, 4) is 0 Å². The fraction of sp³-hybridized carbons (Fsp3) is 0.500. The van der Waals surface area contributed by atoms with Gasteiger partial charge in [-0.25, -0.2) is 4.39 Å². The van der Waals surface area contributed by atoms with E-state index in [0.29, 0.717) is 17.9 Å².